The molecule has 380 valence electrons. The molecule has 2 saturated carbocycles. The highest BCUT2D eigenvalue weighted by atomic mass is 35.5. The van der Waals surface area contributed by atoms with Gasteiger partial charge in [-0.3, -0.25) is 9.59 Å². The molecule has 0 radical (unpaired) electrons. The summed E-state index contributed by atoms with van der Waals surface area (Å²) >= 11 is 25.9. The molecule has 2 aliphatic rings. The van der Waals surface area contributed by atoms with Crippen LogP contribution in [0.5, 0.6) is 0 Å². The molecule has 0 spiro atoms. The molecule has 14 nitrogen and oxygen atoms in total. The van der Waals surface area contributed by atoms with Gasteiger partial charge in [0.1, 0.15) is 0 Å². The summed E-state index contributed by atoms with van der Waals surface area (Å²) in [7, 11) is -13.4. The first-order valence-electron chi connectivity index (χ1n) is 21.9. The second-order valence-corrected chi connectivity index (χ2v) is 27.4. The van der Waals surface area contributed by atoms with Gasteiger partial charge in [-0.2, -0.15) is 0 Å². The highest BCUT2D eigenvalue weighted by molar-refractivity contribution is 7.92. The first kappa shape index (κ1) is 54.9. The van der Waals surface area contributed by atoms with Crippen LogP contribution in [0.25, 0.3) is 22.3 Å². The molecule has 72 heavy (non-hydrogen) atoms. The van der Waals surface area contributed by atoms with Crippen molar-refractivity contribution in [3.63, 3.8) is 0 Å². The number of rotatable bonds is 16. The number of nitrogens with one attached hydrogen (secondary N) is 2. The zero-order valence-electron chi connectivity index (χ0n) is 38.2. The predicted molar refractivity (Wildman–Crippen MR) is 280 cm³/mol. The van der Waals surface area contributed by atoms with Crippen molar-refractivity contribution < 1.29 is 53.5 Å². The summed E-state index contributed by atoms with van der Waals surface area (Å²) in [5, 5.41) is 25.3. The zero-order chi connectivity index (χ0) is 52.5. The molecule has 6 aromatic rings. The fourth-order valence-electron chi connectivity index (χ4n) is 7.64. The Labute approximate surface area is 438 Å². The third-order valence-electron chi connectivity index (χ3n) is 11.9. The van der Waals surface area contributed by atoms with Crippen LogP contribution in [0.3, 0.4) is 0 Å². The molecule has 22 heteroatoms. The molecule has 2 amide bonds. The van der Waals surface area contributed by atoms with Crippen LogP contribution in [0.15, 0.2) is 141 Å². The maximum atomic E-state index is 12.9. The van der Waals surface area contributed by atoms with Crippen molar-refractivity contribution in [2.75, 3.05) is 36.4 Å². The molecular weight excluding hydrogens is 1090 g/mol. The molecule has 0 unspecified atom stereocenters. The average molecular weight is 1140 g/mol. The fraction of sp³-hybridized carbons (Fsp3) is 0.240. The molecule has 2 aliphatic carbocycles. The standard InChI is InChI=1S/2C25H23Cl2NO6S2/c2*1-35(31,32)18-6-2-15(3-7-18)21(14-29)25(30)28-17-12-22(26)24(23(27)13-17)16-4-8-19(9-5-16)36(33,34)20-10-11-20/h2*2-9,12-13,20-21,29H,10-11,14H2,1H3,(H,28,30)/t2*21-/m10/s1. The van der Waals surface area contributed by atoms with Crippen molar-refractivity contribution in [2.45, 2.75) is 67.6 Å². The Morgan fingerprint density at radius 2 is 0.736 bits per heavy atom. The monoisotopic (exact) mass is 1130 g/mol. The normalized spacial score (nSPS) is 14.9. The van der Waals surface area contributed by atoms with Crippen molar-refractivity contribution in [1.82, 2.24) is 0 Å². The topological polar surface area (TPSA) is 235 Å². The van der Waals surface area contributed by atoms with Crippen molar-refractivity contribution >= 4 is 109 Å². The number of hydrogen-bond acceptors (Lipinski definition) is 12. The van der Waals surface area contributed by atoms with Gasteiger partial charge in [-0.15, -0.1) is 0 Å². The molecule has 6 aromatic carbocycles. The zero-order valence-corrected chi connectivity index (χ0v) is 44.5. The molecule has 8 rings (SSSR count). The van der Waals surface area contributed by atoms with E-state index in [0.29, 0.717) is 70.4 Å². The molecule has 2 atom stereocenters. The van der Waals surface area contributed by atoms with E-state index in [-0.39, 0.29) is 50.2 Å². The maximum Gasteiger partial charge on any atom is 0.234 e. The van der Waals surface area contributed by atoms with Gasteiger partial charge in [-0.05, 0) is 121 Å². The van der Waals surface area contributed by atoms with Crippen LogP contribution in [0.2, 0.25) is 20.1 Å². The smallest absolute Gasteiger partial charge is 0.234 e. The van der Waals surface area contributed by atoms with Gasteiger partial charge in [0.2, 0.25) is 11.8 Å². The summed E-state index contributed by atoms with van der Waals surface area (Å²) in [5.41, 5.74) is 3.71. The molecule has 0 bridgehead atoms. The molecule has 2 fully saturated rings. The van der Waals surface area contributed by atoms with Crippen LogP contribution in [-0.2, 0) is 48.9 Å². The van der Waals surface area contributed by atoms with Crippen LogP contribution >= 0.6 is 46.4 Å². The lowest BCUT2D eigenvalue weighted by Crippen LogP contribution is -2.24. The third-order valence-corrected chi connectivity index (χ3v) is 19.9. The lowest BCUT2D eigenvalue weighted by molar-refractivity contribution is -0.119. The number of halogens is 4. The van der Waals surface area contributed by atoms with Crippen molar-refractivity contribution in [2.24, 2.45) is 0 Å². The quantitative estimate of drug-likeness (QED) is 0.0710. The lowest BCUT2D eigenvalue weighted by atomic mass is 9.99. The number of carbonyl (C=O) groups excluding carboxylic acids is 2. The summed E-state index contributed by atoms with van der Waals surface area (Å²) < 4.78 is 96.4. The first-order chi connectivity index (χ1) is 33.8. The van der Waals surface area contributed by atoms with Gasteiger partial charge in [0.15, 0.2) is 39.3 Å². The number of hydrogen-bond donors (Lipinski definition) is 4. The van der Waals surface area contributed by atoms with Crippen LogP contribution < -0.4 is 10.6 Å². The second-order valence-electron chi connectivity index (χ2n) is 17.3. The number of aliphatic hydroxyl groups is 2. The molecular formula is C50H46Cl4N2O12S4. The minimum atomic E-state index is -3.39. The van der Waals surface area contributed by atoms with Crippen molar-refractivity contribution in [3.8, 4) is 22.3 Å². The van der Waals surface area contributed by atoms with Gasteiger partial charge in [0.25, 0.3) is 0 Å². The summed E-state index contributed by atoms with van der Waals surface area (Å²) in [6, 6.07) is 30.2. The lowest BCUT2D eigenvalue weighted by Gasteiger charge is -2.17. The SMILES string of the molecule is CS(=O)(=O)c1ccc([C@@H](CO)C(=O)Nc2cc(Cl)c(-c3ccc(S(=O)(=O)C4CC4)cc3)c(Cl)c2)cc1.CS(=O)(=O)c1ccc([C@H](CO)C(=O)Nc2cc(Cl)c(-c3ccc(S(=O)(=O)C4CC4)cc3)c(Cl)c2)cc1. The van der Waals surface area contributed by atoms with Crippen LogP contribution in [-0.4, -0.2) is 91.9 Å². The van der Waals surface area contributed by atoms with E-state index in [0.717, 1.165) is 12.5 Å². The van der Waals surface area contributed by atoms with E-state index in [2.05, 4.69) is 10.6 Å². The largest absolute Gasteiger partial charge is 0.395 e. The summed E-state index contributed by atoms with van der Waals surface area (Å²) in [6.45, 7) is -1.00. The van der Waals surface area contributed by atoms with E-state index < -0.39 is 76.2 Å². The summed E-state index contributed by atoms with van der Waals surface area (Å²) in [4.78, 5) is 26.4. The maximum absolute atomic E-state index is 12.9. The molecule has 0 heterocycles. The molecule has 0 saturated heterocycles. The molecule has 4 N–H and O–H groups in total. The van der Waals surface area contributed by atoms with E-state index in [1.165, 1.54) is 97.1 Å². The van der Waals surface area contributed by atoms with E-state index in [1.807, 2.05) is 0 Å². The van der Waals surface area contributed by atoms with Crippen LogP contribution in [0.1, 0.15) is 48.6 Å². The second kappa shape index (κ2) is 21.9. The third kappa shape index (κ3) is 12.7. The van der Waals surface area contributed by atoms with Gasteiger partial charge < -0.3 is 20.8 Å². The van der Waals surface area contributed by atoms with E-state index in [9.17, 15) is 53.5 Å². The highest BCUT2D eigenvalue weighted by Crippen LogP contribution is 2.41. The number of aliphatic hydroxyl groups excluding tert-OH is 2. The van der Waals surface area contributed by atoms with Crippen molar-refractivity contribution in [1.29, 1.82) is 0 Å². The summed E-state index contributed by atoms with van der Waals surface area (Å²) in [5.74, 6) is -2.95. The van der Waals surface area contributed by atoms with E-state index in [1.54, 1.807) is 24.3 Å². The first-order valence-corrected chi connectivity index (χ1v) is 30.3. The Balaban J connectivity index is 0.000000211. The van der Waals surface area contributed by atoms with E-state index in [4.69, 9.17) is 46.4 Å². The molecule has 0 aromatic heterocycles. The van der Waals surface area contributed by atoms with Crippen molar-refractivity contribution in [3.05, 3.63) is 153 Å². The minimum absolute atomic E-state index is 0.107. The Bertz CT molecular complexity index is 3220. The Hall–Kier alpha value is -4.86. The Morgan fingerprint density at radius 3 is 0.972 bits per heavy atom. The number of benzene rings is 6. The number of anilines is 2. The number of amides is 2. The average Bonchev–Trinajstić information content (AvgIpc) is 4.24. The van der Waals surface area contributed by atoms with Gasteiger partial charge >= 0.3 is 0 Å². The van der Waals surface area contributed by atoms with E-state index >= 15 is 0 Å². The predicted octanol–water partition coefficient (Wildman–Crippen LogP) is 9.43. The van der Waals surface area contributed by atoms with Gasteiger partial charge in [-0.1, -0.05) is 94.9 Å². The van der Waals surface area contributed by atoms with Gasteiger partial charge in [-0.25, -0.2) is 33.7 Å². The highest BCUT2D eigenvalue weighted by Gasteiger charge is 2.38. The number of sulfone groups is 4. The van der Waals surface area contributed by atoms with Crippen LogP contribution in [0.4, 0.5) is 11.4 Å². The minimum Gasteiger partial charge on any atom is -0.395 e. The van der Waals surface area contributed by atoms with Gasteiger partial charge in [0, 0.05) is 35.0 Å². The Kier molecular flexibility index (Phi) is 16.7. The Morgan fingerprint density at radius 1 is 0.472 bits per heavy atom. The summed E-state index contributed by atoms with van der Waals surface area (Å²) in [6.07, 6.45) is 4.88. The van der Waals surface area contributed by atoms with Gasteiger partial charge in [0.05, 0.1) is 75.2 Å². The number of carbonyl (C=O) groups is 2. The van der Waals surface area contributed by atoms with Crippen LogP contribution in [0, 0.1) is 0 Å². The molecule has 0 aliphatic heterocycles. The fourth-order valence-corrected chi connectivity index (χ4v) is 13.6.